The predicted octanol–water partition coefficient (Wildman–Crippen LogP) is 2.08. The van der Waals surface area contributed by atoms with Crippen LogP contribution in [-0.4, -0.2) is 47.6 Å². The van der Waals surface area contributed by atoms with Crippen LogP contribution >= 0.6 is 0 Å². The van der Waals surface area contributed by atoms with E-state index in [1.165, 1.54) is 4.90 Å². The maximum absolute atomic E-state index is 11.7. The molecule has 2 aromatic rings. The van der Waals surface area contributed by atoms with Crippen LogP contribution < -0.4 is 10.1 Å². The van der Waals surface area contributed by atoms with Crippen molar-refractivity contribution in [1.29, 1.82) is 0 Å². The molecule has 1 atom stereocenters. The van der Waals surface area contributed by atoms with Gasteiger partial charge in [-0.1, -0.05) is 25.1 Å². The molecule has 1 amide bonds. The Morgan fingerprint density at radius 1 is 1.36 bits per heavy atom. The van der Waals surface area contributed by atoms with Crippen LogP contribution in [0.3, 0.4) is 0 Å². The number of hydrogen-bond donors (Lipinski definition) is 1. The number of nitrogens with one attached hydrogen (secondary N) is 1. The number of carbonyl (C=O) groups excluding carboxylic acids is 1. The molecule has 0 saturated carbocycles. The fourth-order valence-electron chi connectivity index (χ4n) is 2.51. The van der Waals surface area contributed by atoms with E-state index in [1.54, 1.807) is 14.1 Å². The number of hydrogen-bond acceptors (Lipinski definition) is 4. The minimum Gasteiger partial charge on any atom is -0.483 e. The van der Waals surface area contributed by atoms with Crippen molar-refractivity contribution in [2.24, 2.45) is 5.92 Å². The van der Waals surface area contributed by atoms with Gasteiger partial charge in [0.15, 0.2) is 6.61 Å². The lowest BCUT2D eigenvalue weighted by atomic mass is 10.1. The van der Waals surface area contributed by atoms with Crippen molar-refractivity contribution in [1.82, 2.24) is 19.8 Å². The zero-order chi connectivity index (χ0) is 18.2. The summed E-state index contributed by atoms with van der Waals surface area (Å²) in [4.78, 5) is 17.5. The van der Waals surface area contributed by atoms with Gasteiger partial charge in [0.2, 0.25) is 0 Å². The fraction of sp³-hybridized carbons (Fsp3) is 0.474. The molecule has 25 heavy (non-hydrogen) atoms. The Morgan fingerprint density at radius 2 is 2.12 bits per heavy atom. The lowest BCUT2D eigenvalue weighted by molar-refractivity contribution is -0.130. The van der Waals surface area contributed by atoms with Gasteiger partial charge in [-0.25, -0.2) is 4.98 Å². The molecule has 0 radical (unpaired) electrons. The first-order chi connectivity index (χ1) is 12.0. The molecule has 1 heterocycles. The van der Waals surface area contributed by atoms with Gasteiger partial charge in [0, 0.05) is 45.1 Å². The molecule has 6 heteroatoms. The summed E-state index contributed by atoms with van der Waals surface area (Å²) < 4.78 is 7.84. The first kappa shape index (κ1) is 19.0. The Balaban J connectivity index is 1.82. The quantitative estimate of drug-likeness (QED) is 0.757. The van der Waals surface area contributed by atoms with E-state index in [0.29, 0.717) is 12.5 Å². The Labute approximate surface area is 149 Å². The maximum Gasteiger partial charge on any atom is 0.259 e. The largest absolute Gasteiger partial charge is 0.483 e. The number of likely N-dealkylation sites (N-methyl/N-ethyl adjacent to an activating group) is 1. The molecule has 0 saturated heterocycles. The highest BCUT2D eigenvalue weighted by molar-refractivity contribution is 5.77. The number of para-hydroxylation sites is 1. The third-order valence-corrected chi connectivity index (χ3v) is 4.06. The van der Waals surface area contributed by atoms with Crippen LogP contribution in [0.2, 0.25) is 0 Å². The summed E-state index contributed by atoms with van der Waals surface area (Å²) in [5.74, 6) is 2.22. The summed E-state index contributed by atoms with van der Waals surface area (Å²) in [5.41, 5.74) is 1.06. The number of carbonyl (C=O) groups is 1. The van der Waals surface area contributed by atoms with Gasteiger partial charge in [-0.15, -0.1) is 0 Å². The lowest BCUT2D eigenvalue weighted by Crippen LogP contribution is -2.28. The van der Waals surface area contributed by atoms with Crippen LogP contribution in [0.5, 0.6) is 5.75 Å². The Kier molecular flexibility index (Phi) is 7.01. The van der Waals surface area contributed by atoms with Crippen LogP contribution in [0.25, 0.3) is 0 Å². The summed E-state index contributed by atoms with van der Waals surface area (Å²) in [6.45, 7) is 6.82. The van der Waals surface area contributed by atoms with E-state index in [2.05, 4.69) is 21.8 Å². The monoisotopic (exact) mass is 344 g/mol. The molecule has 0 spiro atoms. The molecule has 0 aliphatic rings. The molecule has 1 aromatic carbocycles. The van der Waals surface area contributed by atoms with Gasteiger partial charge in [-0.2, -0.15) is 0 Å². The van der Waals surface area contributed by atoms with E-state index in [1.807, 2.05) is 43.6 Å². The molecule has 6 nitrogen and oxygen atoms in total. The second-order valence-electron chi connectivity index (χ2n) is 6.55. The SMILES string of the molecule is Cc1nccn1CC(C)CNCc1ccccc1OCC(=O)N(C)C. The van der Waals surface area contributed by atoms with Crippen LogP contribution in [0, 0.1) is 12.8 Å². The molecular weight excluding hydrogens is 316 g/mol. The molecule has 136 valence electrons. The van der Waals surface area contributed by atoms with Crippen LogP contribution in [-0.2, 0) is 17.9 Å². The highest BCUT2D eigenvalue weighted by atomic mass is 16.5. The van der Waals surface area contributed by atoms with E-state index < -0.39 is 0 Å². The number of imidazole rings is 1. The van der Waals surface area contributed by atoms with Crippen molar-refractivity contribution < 1.29 is 9.53 Å². The van der Waals surface area contributed by atoms with E-state index in [4.69, 9.17) is 4.74 Å². The normalized spacial score (nSPS) is 12.0. The minimum atomic E-state index is -0.0490. The summed E-state index contributed by atoms with van der Waals surface area (Å²) in [6, 6.07) is 7.82. The van der Waals surface area contributed by atoms with Crippen molar-refractivity contribution in [3.8, 4) is 5.75 Å². The van der Waals surface area contributed by atoms with E-state index >= 15 is 0 Å². The number of nitrogens with zero attached hydrogens (tertiary/aromatic N) is 3. The van der Waals surface area contributed by atoms with Crippen molar-refractivity contribution >= 4 is 5.91 Å². The molecule has 1 N–H and O–H groups in total. The van der Waals surface area contributed by atoms with Crippen molar-refractivity contribution in [3.05, 3.63) is 48.0 Å². The van der Waals surface area contributed by atoms with Crippen LogP contribution in [0.4, 0.5) is 0 Å². The molecule has 1 aromatic heterocycles. The van der Waals surface area contributed by atoms with Gasteiger partial charge in [0.25, 0.3) is 5.91 Å². The van der Waals surface area contributed by atoms with Crippen molar-refractivity contribution in [2.45, 2.75) is 26.9 Å². The van der Waals surface area contributed by atoms with Gasteiger partial charge in [0.05, 0.1) is 0 Å². The van der Waals surface area contributed by atoms with E-state index in [-0.39, 0.29) is 12.5 Å². The Morgan fingerprint density at radius 3 is 2.80 bits per heavy atom. The number of rotatable bonds is 9. The average Bonchev–Trinajstić information content (AvgIpc) is 2.98. The van der Waals surface area contributed by atoms with Gasteiger partial charge >= 0.3 is 0 Å². The molecule has 1 unspecified atom stereocenters. The van der Waals surface area contributed by atoms with Gasteiger partial charge in [-0.3, -0.25) is 4.79 Å². The summed E-state index contributed by atoms with van der Waals surface area (Å²) in [7, 11) is 3.45. The van der Waals surface area contributed by atoms with Crippen molar-refractivity contribution in [3.63, 3.8) is 0 Å². The van der Waals surface area contributed by atoms with Crippen LogP contribution in [0.15, 0.2) is 36.7 Å². The predicted molar refractivity (Wildman–Crippen MR) is 98.5 cm³/mol. The summed E-state index contributed by atoms with van der Waals surface area (Å²) in [5, 5.41) is 3.48. The Bertz CT molecular complexity index is 682. The third-order valence-electron chi connectivity index (χ3n) is 4.06. The number of aromatic nitrogens is 2. The van der Waals surface area contributed by atoms with Gasteiger partial charge in [0.1, 0.15) is 11.6 Å². The summed E-state index contributed by atoms with van der Waals surface area (Å²) >= 11 is 0. The second-order valence-corrected chi connectivity index (χ2v) is 6.55. The molecule has 0 aliphatic heterocycles. The first-order valence-electron chi connectivity index (χ1n) is 8.56. The lowest BCUT2D eigenvalue weighted by Gasteiger charge is -2.16. The second kappa shape index (κ2) is 9.22. The average molecular weight is 344 g/mol. The zero-order valence-corrected chi connectivity index (χ0v) is 15.5. The summed E-state index contributed by atoms with van der Waals surface area (Å²) in [6.07, 6.45) is 3.84. The maximum atomic E-state index is 11.7. The van der Waals surface area contributed by atoms with Gasteiger partial charge < -0.3 is 19.5 Å². The standard InChI is InChI=1S/C19H28N4O2/c1-15(13-23-10-9-21-16(23)2)11-20-12-17-7-5-6-8-18(17)25-14-19(24)22(3)4/h5-10,15,20H,11-14H2,1-4H3. The Hall–Kier alpha value is -2.34. The topological polar surface area (TPSA) is 59.4 Å². The van der Waals surface area contributed by atoms with Crippen molar-refractivity contribution in [2.75, 3.05) is 27.2 Å². The van der Waals surface area contributed by atoms with Gasteiger partial charge in [-0.05, 0) is 25.5 Å². The molecule has 0 fully saturated rings. The highest BCUT2D eigenvalue weighted by Gasteiger charge is 2.09. The molecule has 2 rings (SSSR count). The molecule has 0 bridgehead atoms. The van der Waals surface area contributed by atoms with E-state index in [0.717, 1.165) is 30.2 Å². The van der Waals surface area contributed by atoms with Crippen LogP contribution in [0.1, 0.15) is 18.3 Å². The smallest absolute Gasteiger partial charge is 0.259 e. The number of aryl methyl sites for hydroxylation is 1. The number of amides is 1. The fourth-order valence-corrected chi connectivity index (χ4v) is 2.51. The number of benzene rings is 1. The zero-order valence-electron chi connectivity index (χ0n) is 15.5. The highest BCUT2D eigenvalue weighted by Crippen LogP contribution is 2.18. The number of ether oxygens (including phenoxy) is 1. The third kappa shape index (κ3) is 5.90. The molecular formula is C19H28N4O2. The minimum absolute atomic E-state index is 0.0490. The first-order valence-corrected chi connectivity index (χ1v) is 8.56. The molecule has 0 aliphatic carbocycles. The van der Waals surface area contributed by atoms with E-state index in [9.17, 15) is 4.79 Å².